The summed E-state index contributed by atoms with van der Waals surface area (Å²) in [5.41, 5.74) is 0.895. The average Bonchev–Trinajstić information content (AvgIpc) is 2.27. The van der Waals surface area contributed by atoms with Crippen molar-refractivity contribution in [3.05, 3.63) is 35.4 Å². The van der Waals surface area contributed by atoms with Crippen LogP contribution in [0.4, 0.5) is 8.78 Å². The summed E-state index contributed by atoms with van der Waals surface area (Å²) < 4.78 is 29.6. The van der Waals surface area contributed by atoms with Crippen LogP contribution in [0.1, 0.15) is 17.5 Å². The van der Waals surface area contributed by atoms with Gasteiger partial charge in [0.1, 0.15) is 5.60 Å². The lowest BCUT2D eigenvalue weighted by atomic mass is 9.71. The number of rotatable bonds is 4. The predicted molar refractivity (Wildman–Crippen MR) is 54.5 cm³/mol. The minimum Gasteiger partial charge on any atom is -0.452 e. The van der Waals surface area contributed by atoms with Crippen LogP contribution >= 0.6 is 0 Å². The van der Waals surface area contributed by atoms with Crippen molar-refractivity contribution in [3.63, 3.8) is 0 Å². The molecule has 0 aromatic heterocycles. The lowest BCUT2D eigenvalue weighted by molar-refractivity contribution is -0.166. The summed E-state index contributed by atoms with van der Waals surface area (Å²) >= 11 is 0. The Kier molecular flexibility index (Phi) is 2.90. The Labute approximate surface area is 92.2 Å². The van der Waals surface area contributed by atoms with Gasteiger partial charge in [-0.05, 0) is 11.1 Å². The molecule has 2 rings (SSSR count). The highest BCUT2D eigenvalue weighted by Crippen LogP contribution is 2.44. The van der Waals surface area contributed by atoms with Gasteiger partial charge in [-0.3, -0.25) is 4.39 Å². The fraction of sp³-hybridized carbons (Fsp3) is 0.417. The van der Waals surface area contributed by atoms with Crippen LogP contribution in [0.3, 0.4) is 0 Å². The Balaban J connectivity index is 2.24. The van der Waals surface area contributed by atoms with Crippen LogP contribution < -0.4 is 0 Å². The third kappa shape index (κ3) is 1.68. The Morgan fingerprint density at radius 1 is 1.38 bits per heavy atom. The van der Waals surface area contributed by atoms with E-state index >= 15 is 0 Å². The summed E-state index contributed by atoms with van der Waals surface area (Å²) in [5.74, 6) is -0.928. The first kappa shape index (κ1) is 11.0. The van der Waals surface area contributed by atoms with Crippen LogP contribution in [0, 0.1) is 0 Å². The minimum atomic E-state index is -1.17. The van der Waals surface area contributed by atoms with Crippen LogP contribution in [0.2, 0.25) is 0 Å². The van der Waals surface area contributed by atoms with Gasteiger partial charge in [0, 0.05) is 12.8 Å². The maximum atomic E-state index is 12.5. The molecule has 0 saturated carbocycles. The maximum Gasteiger partial charge on any atom is 0.338 e. The average molecular weight is 226 g/mol. The molecule has 86 valence electrons. The predicted octanol–water partition coefficient (Wildman–Crippen LogP) is 2.31. The molecule has 1 unspecified atom stereocenters. The van der Waals surface area contributed by atoms with Crippen molar-refractivity contribution < 1.29 is 18.3 Å². The van der Waals surface area contributed by atoms with Gasteiger partial charge in [0.2, 0.25) is 0 Å². The molecule has 0 fully saturated rings. The number of alkyl halides is 2. The summed E-state index contributed by atoms with van der Waals surface area (Å²) in [6, 6.07) is 7.36. The van der Waals surface area contributed by atoms with Crippen molar-refractivity contribution in [2.24, 2.45) is 0 Å². The molecule has 0 heterocycles. The summed E-state index contributed by atoms with van der Waals surface area (Å²) in [6.45, 7) is -1.76. The van der Waals surface area contributed by atoms with Gasteiger partial charge in [-0.25, -0.2) is 9.18 Å². The van der Waals surface area contributed by atoms with E-state index in [0.29, 0.717) is 6.42 Å². The Bertz CT molecular complexity index is 406. The molecule has 1 aromatic rings. The van der Waals surface area contributed by atoms with E-state index in [1.165, 1.54) is 0 Å². The lowest BCUT2D eigenvalue weighted by Crippen LogP contribution is -2.43. The second-order valence-electron chi connectivity index (χ2n) is 3.87. The molecule has 0 aliphatic heterocycles. The Morgan fingerprint density at radius 2 is 2.12 bits per heavy atom. The molecular weight excluding hydrogens is 214 g/mol. The molecule has 0 bridgehead atoms. The molecule has 0 amide bonds. The number of carbonyl (C=O) groups is 1. The zero-order chi connectivity index (χ0) is 11.6. The molecule has 1 aromatic carbocycles. The topological polar surface area (TPSA) is 26.3 Å². The van der Waals surface area contributed by atoms with Gasteiger partial charge in [-0.1, -0.05) is 24.3 Å². The minimum absolute atomic E-state index is 0.0930. The van der Waals surface area contributed by atoms with Crippen LogP contribution in [-0.2, 0) is 21.6 Å². The van der Waals surface area contributed by atoms with E-state index in [9.17, 15) is 13.6 Å². The molecule has 16 heavy (non-hydrogen) atoms. The first-order chi connectivity index (χ1) is 7.72. The summed E-state index contributed by atoms with van der Waals surface area (Å²) in [4.78, 5) is 11.0. The quantitative estimate of drug-likeness (QED) is 0.736. The fourth-order valence-electron chi connectivity index (χ4n) is 2.18. The summed E-state index contributed by atoms with van der Waals surface area (Å²) in [7, 11) is 0. The molecule has 4 heteroatoms. The molecule has 1 aliphatic rings. The van der Waals surface area contributed by atoms with E-state index in [-0.39, 0.29) is 6.42 Å². The maximum absolute atomic E-state index is 12.5. The van der Waals surface area contributed by atoms with Crippen molar-refractivity contribution in [1.82, 2.24) is 0 Å². The molecule has 0 radical (unpaired) electrons. The first-order valence-electron chi connectivity index (χ1n) is 5.14. The summed E-state index contributed by atoms with van der Waals surface area (Å²) in [5, 5.41) is 0. The largest absolute Gasteiger partial charge is 0.452 e. The van der Waals surface area contributed by atoms with Crippen molar-refractivity contribution >= 4 is 5.97 Å². The second-order valence-corrected chi connectivity index (χ2v) is 3.87. The van der Waals surface area contributed by atoms with Gasteiger partial charge >= 0.3 is 5.97 Å². The van der Waals surface area contributed by atoms with E-state index < -0.39 is 24.9 Å². The lowest BCUT2D eigenvalue weighted by Gasteiger charge is -2.42. The second kappa shape index (κ2) is 4.20. The Hall–Kier alpha value is -1.45. The van der Waals surface area contributed by atoms with Crippen LogP contribution in [0.5, 0.6) is 0 Å². The molecule has 0 N–H and O–H groups in total. The number of ether oxygens (including phenoxy) is 1. The van der Waals surface area contributed by atoms with E-state index in [4.69, 9.17) is 4.74 Å². The number of fused-ring (bicyclic) bond motifs is 1. The number of halogens is 2. The zero-order valence-electron chi connectivity index (χ0n) is 8.71. The number of esters is 1. The highest BCUT2D eigenvalue weighted by Gasteiger charge is 2.45. The summed E-state index contributed by atoms with van der Waals surface area (Å²) in [6.07, 6.45) is 0.564. The number of hydrogen-bond donors (Lipinski definition) is 0. The molecule has 1 aliphatic carbocycles. The zero-order valence-corrected chi connectivity index (χ0v) is 8.71. The van der Waals surface area contributed by atoms with Crippen LogP contribution in [0.25, 0.3) is 0 Å². The Morgan fingerprint density at radius 3 is 2.75 bits per heavy atom. The third-order valence-corrected chi connectivity index (χ3v) is 2.90. The fourth-order valence-corrected chi connectivity index (χ4v) is 2.18. The number of hydrogen-bond acceptors (Lipinski definition) is 2. The molecule has 0 spiro atoms. The normalized spacial score (nSPS) is 22.1. The van der Waals surface area contributed by atoms with Gasteiger partial charge in [0.15, 0.2) is 6.67 Å². The van der Waals surface area contributed by atoms with E-state index in [2.05, 4.69) is 0 Å². The molecule has 1 atom stereocenters. The van der Waals surface area contributed by atoms with Crippen molar-refractivity contribution in [2.45, 2.75) is 18.4 Å². The number of carbonyl (C=O) groups excluding carboxylic acids is 1. The van der Waals surface area contributed by atoms with Crippen LogP contribution in [-0.4, -0.2) is 19.3 Å². The van der Waals surface area contributed by atoms with Gasteiger partial charge in [-0.15, -0.1) is 0 Å². The third-order valence-electron chi connectivity index (χ3n) is 2.90. The van der Waals surface area contributed by atoms with Gasteiger partial charge in [-0.2, -0.15) is 0 Å². The van der Waals surface area contributed by atoms with Gasteiger partial charge < -0.3 is 4.74 Å². The van der Waals surface area contributed by atoms with Gasteiger partial charge in [0.25, 0.3) is 0 Å². The number of benzene rings is 1. The van der Waals surface area contributed by atoms with E-state index in [1.807, 2.05) is 12.1 Å². The van der Waals surface area contributed by atoms with Crippen molar-refractivity contribution in [3.8, 4) is 0 Å². The molecule has 2 nitrogen and oxygen atoms in total. The standard InChI is InChI=1S/C12H12F2O2/c13-6-5-12(16-11(15)8-14)7-9-3-1-2-4-10(9)12/h1-4H,5-8H2. The highest BCUT2D eigenvalue weighted by atomic mass is 19.1. The van der Waals surface area contributed by atoms with E-state index in [0.717, 1.165) is 11.1 Å². The molecule has 0 saturated heterocycles. The van der Waals surface area contributed by atoms with E-state index in [1.54, 1.807) is 12.1 Å². The van der Waals surface area contributed by atoms with Gasteiger partial charge in [0.05, 0.1) is 6.67 Å². The first-order valence-corrected chi connectivity index (χ1v) is 5.14. The monoisotopic (exact) mass is 226 g/mol. The molecular formula is C12H12F2O2. The smallest absolute Gasteiger partial charge is 0.338 e. The van der Waals surface area contributed by atoms with Crippen molar-refractivity contribution in [2.75, 3.05) is 13.3 Å². The highest BCUT2D eigenvalue weighted by molar-refractivity contribution is 5.72. The SMILES string of the molecule is O=C(CF)OC1(CCF)Cc2ccccc21. The van der Waals surface area contributed by atoms with Crippen LogP contribution in [0.15, 0.2) is 24.3 Å². The van der Waals surface area contributed by atoms with Crippen molar-refractivity contribution in [1.29, 1.82) is 0 Å².